The van der Waals surface area contributed by atoms with E-state index in [0.29, 0.717) is 12.8 Å². The van der Waals surface area contributed by atoms with Crippen molar-refractivity contribution in [1.82, 2.24) is 0 Å². The molecule has 17 heavy (non-hydrogen) atoms. The number of ether oxygens (including phenoxy) is 1. The number of hydrogen-bond donors (Lipinski definition) is 1. The van der Waals surface area contributed by atoms with Gasteiger partial charge in [0, 0.05) is 12.8 Å². The molecule has 0 heterocycles. The number of aliphatic hydroxyl groups excluding tert-OH is 1. The fourth-order valence-electron chi connectivity index (χ4n) is 2.22. The van der Waals surface area contributed by atoms with Gasteiger partial charge in [0.15, 0.2) is 5.60 Å². The maximum atomic E-state index is 9.47. The van der Waals surface area contributed by atoms with Gasteiger partial charge in [0.05, 0.1) is 18.3 Å². The van der Waals surface area contributed by atoms with Crippen molar-refractivity contribution in [2.75, 3.05) is 0 Å². The molecule has 1 aliphatic carbocycles. The van der Waals surface area contributed by atoms with Crippen molar-refractivity contribution in [3.63, 3.8) is 0 Å². The Bertz CT molecular complexity index is 423. The fraction of sp³-hybridized carbons (Fsp3) is 0.500. The Labute approximate surface area is 102 Å². The molecular formula is C14H17NO2. The topological polar surface area (TPSA) is 53.2 Å². The van der Waals surface area contributed by atoms with E-state index in [1.54, 1.807) is 13.8 Å². The minimum absolute atomic E-state index is 0.330. The summed E-state index contributed by atoms with van der Waals surface area (Å²) in [6.45, 7) is 3.48. The normalized spacial score (nSPS) is 20.4. The molecule has 0 fully saturated rings. The lowest BCUT2D eigenvalue weighted by molar-refractivity contribution is -0.0907. The van der Waals surface area contributed by atoms with E-state index < -0.39 is 11.7 Å². The van der Waals surface area contributed by atoms with Crippen LogP contribution in [0.2, 0.25) is 0 Å². The Kier molecular flexibility index (Phi) is 3.19. The molecule has 0 radical (unpaired) electrons. The van der Waals surface area contributed by atoms with Crippen molar-refractivity contribution in [2.24, 2.45) is 0 Å². The molecule has 0 saturated carbocycles. The molecule has 1 aromatic rings. The SMILES string of the molecule is CC(O)C(C)OC1(C#N)Cc2ccccc2C1. The highest BCUT2D eigenvalue weighted by atomic mass is 16.5. The van der Waals surface area contributed by atoms with Gasteiger partial charge in [-0.05, 0) is 25.0 Å². The molecule has 2 atom stereocenters. The van der Waals surface area contributed by atoms with Gasteiger partial charge in [-0.15, -0.1) is 0 Å². The van der Waals surface area contributed by atoms with E-state index in [2.05, 4.69) is 6.07 Å². The second-order valence-corrected chi connectivity index (χ2v) is 4.79. The highest BCUT2D eigenvalue weighted by molar-refractivity contribution is 5.38. The van der Waals surface area contributed by atoms with E-state index in [9.17, 15) is 10.4 Å². The Morgan fingerprint density at radius 3 is 2.24 bits per heavy atom. The van der Waals surface area contributed by atoms with E-state index in [1.165, 1.54) is 11.1 Å². The molecular weight excluding hydrogens is 214 g/mol. The van der Waals surface area contributed by atoms with E-state index in [1.807, 2.05) is 24.3 Å². The molecule has 0 amide bonds. The average molecular weight is 231 g/mol. The third-order valence-electron chi connectivity index (χ3n) is 3.36. The van der Waals surface area contributed by atoms with E-state index in [4.69, 9.17) is 4.74 Å². The maximum Gasteiger partial charge on any atom is 0.162 e. The smallest absolute Gasteiger partial charge is 0.162 e. The van der Waals surface area contributed by atoms with Crippen LogP contribution in [0.3, 0.4) is 0 Å². The highest BCUT2D eigenvalue weighted by Crippen LogP contribution is 2.33. The highest BCUT2D eigenvalue weighted by Gasteiger charge is 2.40. The van der Waals surface area contributed by atoms with Crippen LogP contribution in [0.25, 0.3) is 0 Å². The largest absolute Gasteiger partial charge is 0.391 e. The van der Waals surface area contributed by atoms with Gasteiger partial charge < -0.3 is 9.84 Å². The van der Waals surface area contributed by atoms with Crippen LogP contribution >= 0.6 is 0 Å². The molecule has 1 N–H and O–H groups in total. The van der Waals surface area contributed by atoms with Gasteiger partial charge in [0.2, 0.25) is 0 Å². The molecule has 1 aliphatic rings. The Hall–Kier alpha value is -1.37. The first kappa shape index (κ1) is 12.1. The van der Waals surface area contributed by atoms with Gasteiger partial charge in [-0.25, -0.2) is 0 Å². The monoisotopic (exact) mass is 231 g/mol. The molecule has 1 aromatic carbocycles. The first-order chi connectivity index (χ1) is 8.06. The Morgan fingerprint density at radius 1 is 1.29 bits per heavy atom. The number of benzene rings is 1. The summed E-state index contributed by atoms with van der Waals surface area (Å²) < 4.78 is 5.78. The molecule has 3 heteroatoms. The van der Waals surface area contributed by atoms with Gasteiger partial charge in [-0.1, -0.05) is 24.3 Å². The van der Waals surface area contributed by atoms with Crippen molar-refractivity contribution < 1.29 is 9.84 Å². The number of aliphatic hydroxyl groups is 1. The molecule has 3 nitrogen and oxygen atoms in total. The minimum atomic E-state index is -0.805. The third-order valence-corrected chi connectivity index (χ3v) is 3.36. The second kappa shape index (κ2) is 4.48. The lowest BCUT2D eigenvalue weighted by atomic mass is 10.0. The van der Waals surface area contributed by atoms with E-state index >= 15 is 0 Å². The van der Waals surface area contributed by atoms with Gasteiger partial charge >= 0.3 is 0 Å². The summed E-state index contributed by atoms with van der Waals surface area (Å²) in [6, 6.07) is 10.3. The van der Waals surface area contributed by atoms with Crippen LogP contribution in [0.5, 0.6) is 0 Å². The van der Waals surface area contributed by atoms with Crippen molar-refractivity contribution in [2.45, 2.75) is 44.5 Å². The molecule has 2 unspecified atom stereocenters. The summed E-state index contributed by atoms with van der Waals surface area (Å²) in [7, 11) is 0. The summed E-state index contributed by atoms with van der Waals surface area (Å²) in [5.74, 6) is 0. The van der Waals surface area contributed by atoms with Crippen LogP contribution in [0.4, 0.5) is 0 Å². The second-order valence-electron chi connectivity index (χ2n) is 4.79. The Balaban J connectivity index is 2.19. The van der Waals surface area contributed by atoms with Gasteiger partial charge in [0.25, 0.3) is 0 Å². The Morgan fingerprint density at radius 2 is 1.82 bits per heavy atom. The van der Waals surface area contributed by atoms with Crippen molar-refractivity contribution in [3.8, 4) is 6.07 Å². The van der Waals surface area contributed by atoms with Crippen LogP contribution in [-0.2, 0) is 17.6 Å². The van der Waals surface area contributed by atoms with Crippen LogP contribution in [-0.4, -0.2) is 22.9 Å². The summed E-state index contributed by atoms with van der Waals surface area (Å²) in [6.07, 6.45) is 0.320. The summed E-state index contributed by atoms with van der Waals surface area (Å²) in [5.41, 5.74) is 1.54. The summed E-state index contributed by atoms with van der Waals surface area (Å²) in [5, 5.41) is 18.8. The zero-order valence-electron chi connectivity index (χ0n) is 10.2. The molecule has 0 aromatic heterocycles. The molecule has 0 saturated heterocycles. The van der Waals surface area contributed by atoms with Crippen molar-refractivity contribution in [3.05, 3.63) is 35.4 Å². The summed E-state index contributed by atoms with van der Waals surface area (Å²) in [4.78, 5) is 0. The lowest BCUT2D eigenvalue weighted by Gasteiger charge is -2.27. The minimum Gasteiger partial charge on any atom is -0.391 e. The van der Waals surface area contributed by atoms with Crippen LogP contribution < -0.4 is 0 Å². The van der Waals surface area contributed by atoms with E-state index in [0.717, 1.165) is 0 Å². The first-order valence-corrected chi connectivity index (χ1v) is 5.90. The quantitative estimate of drug-likeness (QED) is 0.863. The predicted octanol–water partition coefficient (Wildman–Crippen LogP) is 1.83. The molecule has 0 spiro atoms. The predicted molar refractivity (Wildman–Crippen MR) is 64.4 cm³/mol. The zero-order chi connectivity index (χ0) is 12.5. The first-order valence-electron chi connectivity index (χ1n) is 5.90. The molecule has 90 valence electrons. The number of nitriles is 1. The average Bonchev–Trinajstić information content (AvgIpc) is 2.67. The van der Waals surface area contributed by atoms with Gasteiger partial charge in [-0.3, -0.25) is 0 Å². The summed E-state index contributed by atoms with van der Waals surface area (Å²) >= 11 is 0. The van der Waals surface area contributed by atoms with Crippen molar-refractivity contribution >= 4 is 0 Å². The maximum absolute atomic E-state index is 9.47. The fourth-order valence-corrected chi connectivity index (χ4v) is 2.22. The van der Waals surface area contributed by atoms with Crippen molar-refractivity contribution in [1.29, 1.82) is 5.26 Å². The number of rotatable bonds is 3. The standard InChI is InChI=1S/C14H17NO2/c1-10(16)11(2)17-14(9-15)7-12-5-3-4-6-13(12)8-14/h3-6,10-11,16H,7-8H2,1-2H3. The van der Waals surface area contributed by atoms with Crippen LogP contribution in [0.15, 0.2) is 24.3 Å². The van der Waals surface area contributed by atoms with Gasteiger partial charge in [-0.2, -0.15) is 5.26 Å². The molecule has 0 aliphatic heterocycles. The van der Waals surface area contributed by atoms with Crippen LogP contribution in [0.1, 0.15) is 25.0 Å². The molecule has 0 bridgehead atoms. The zero-order valence-corrected chi connectivity index (χ0v) is 10.2. The molecule has 2 rings (SSSR count). The third kappa shape index (κ3) is 2.33. The van der Waals surface area contributed by atoms with Crippen LogP contribution in [0, 0.1) is 11.3 Å². The number of fused-ring (bicyclic) bond motifs is 1. The lowest BCUT2D eigenvalue weighted by Crippen LogP contribution is -2.39. The van der Waals surface area contributed by atoms with E-state index in [-0.39, 0.29) is 6.10 Å². The number of nitrogens with zero attached hydrogens (tertiary/aromatic N) is 1. The van der Waals surface area contributed by atoms with Gasteiger partial charge in [0.1, 0.15) is 0 Å². The number of hydrogen-bond acceptors (Lipinski definition) is 3.